The van der Waals surface area contributed by atoms with Crippen molar-refractivity contribution in [2.75, 3.05) is 0 Å². The molecule has 0 saturated heterocycles. The Labute approximate surface area is 129 Å². The summed E-state index contributed by atoms with van der Waals surface area (Å²) in [4.78, 5) is 0. The van der Waals surface area contributed by atoms with Crippen LogP contribution in [0.5, 0.6) is 17.2 Å². The Morgan fingerprint density at radius 1 is 1.00 bits per heavy atom. The summed E-state index contributed by atoms with van der Waals surface area (Å²) in [6.07, 6.45) is 0. The highest BCUT2D eigenvalue weighted by molar-refractivity contribution is 5.82. The van der Waals surface area contributed by atoms with E-state index >= 15 is 0 Å². The van der Waals surface area contributed by atoms with Gasteiger partial charge in [-0.25, -0.2) is 0 Å². The maximum atomic E-state index is 9.71. The molecule has 114 valence electrons. The molecular formula is C18H19NO3. The van der Waals surface area contributed by atoms with E-state index in [0.29, 0.717) is 12.4 Å². The van der Waals surface area contributed by atoms with Crippen molar-refractivity contribution in [3.8, 4) is 17.2 Å². The lowest BCUT2D eigenvalue weighted by Gasteiger charge is -2.15. The third-order valence-corrected chi connectivity index (χ3v) is 3.63. The molecule has 4 nitrogen and oxygen atoms in total. The standard InChI is InChI=1S/C18H19NO3/c1-12(2)19-14(8-13-6-7-16(21)10-18(13)19)11-22-17-5-3-4-15(20)9-17/h3-10,12,20-21H,11H2,1-2H3. The molecule has 4 heteroatoms. The van der Waals surface area contributed by atoms with Crippen molar-refractivity contribution < 1.29 is 14.9 Å². The van der Waals surface area contributed by atoms with Crippen LogP contribution in [-0.4, -0.2) is 14.8 Å². The maximum Gasteiger partial charge on any atom is 0.128 e. The minimum absolute atomic E-state index is 0.187. The van der Waals surface area contributed by atoms with Gasteiger partial charge in [0.2, 0.25) is 0 Å². The predicted octanol–water partition coefficient (Wildman–Crippen LogP) is 4.21. The lowest BCUT2D eigenvalue weighted by molar-refractivity contribution is 0.291. The van der Waals surface area contributed by atoms with E-state index < -0.39 is 0 Å². The number of nitrogens with zero attached hydrogens (tertiary/aromatic N) is 1. The predicted molar refractivity (Wildman–Crippen MR) is 86.4 cm³/mol. The fourth-order valence-electron chi connectivity index (χ4n) is 2.72. The van der Waals surface area contributed by atoms with Gasteiger partial charge in [-0.2, -0.15) is 0 Å². The van der Waals surface area contributed by atoms with Gasteiger partial charge in [-0.05, 0) is 44.2 Å². The average Bonchev–Trinajstić information content (AvgIpc) is 2.83. The van der Waals surface area contributed by atoms with Gasteiger partial charge in [0.15, 0.2) is 0 Å². The minimum Gasteiger partial charge on any atom is -0.508 e. The first-order valence-corrected chi connectivity index (χ1v) is 7.29. The van der Waals surface area contributed by atoms with E-state index in [-0.39, 0.29) is 17.5 Å². The number of phenols is 2. The highest BCUT2D eigenvalue weighted by atomic mass is 16.5. The van der Waals surface area contributed by atoms with Gasteiger partial charge in [-0.15, -0.1) is 0 Å². The fourth-order valence-corrected chi connectivity index (χ4v) is 2.72. The fraction of sp³-hybridized carbons (Fsp3) is 0.222. The molecule has 0 saturated carbocycles. The monoisotopic (exact) mass is 297 g/mol. The maximum absolute atomic E-state index is 9.71. The summed E-state index contributed by atoms with van der Waals surface area (Å²) in [7, 11) is 0. The molecule has 3 rings (SSSR count). The second kappa shape index (κ2) is 5.64. The van der Waals surface area contributed by atoms with Gasteiger partial charge in [0.25, 0.3) is 0 Å². The number of fused-ring (bicyclic) bond motifs is 1. The SMILES string of the molecule is CC(C)n1c(COc2cccc(O)c2)cc2ccc(O)cc21. The quantitative estimate of drug-likeness (QED) is 0.758. The van der Waals surface area contributed by atoms with E-state index in [1.165, 1.54) is 0 Å². The zero-order chi connectivity index (χ0) is 15.7. The molecule has 0 unspecified atom stereocenters. The summed E-state index contributed by atoms with van der Waals surface area (Å²) in [5, 5.41) is 20.3. The van der Waals surface area contributed by atoms with Crippen molar-refractivity contribution in [1.82, 2.24) is 4.57 Å². The van der Waals surface area contributed by atoms with E-state index in [1.54, 1.807) is 30.3 Å². The Hall–Kier alpha value is -2.62. The van der Waals surface area contributed by atoms with Crippen molar-refractivity contribution >= 4 is 10.9 Å². The Balaban J connectivity index is 1.94. The van der Waals surface area contributed by atoms with Crippen LogP contribution in [0.25, 0.3) is 10.9 Å². The number of phenolic OH excluding ortho intramolecular Hbond substituents is 2. The number of ether oxygens (including phenoxy) is 1. The first-order chi connectivity index (χ1) is 10.5. The van der Waals surface area contributed by atoms with Crippen LogP contribution in [0.3, 0.4) is 0 Å². The number of aromatic hydroxyl groups is 2. The van der Waals surface area contributed by atoms with Crippen molar-refractivity contribution in [2.45, 2.75) is 26.5 Å². The first-order valence-electron chi connectivity index (χ1n) is 7.29. The largest absolute Gasteiger partial charge is 0.508 e. The first kappa shape index (κ1) is 14.3. The molecule has 0 spiro atoms. The van der Waals surface area contributed by atoms with Crippen LogP contribution < -0.4 is 4.74 Å². The molecule has 2 aromatic carbocycles. The summed E-state index contributed by atoms with van der Waals surface area (Å²) in [6, 6.07) is 14.4. The molecule has 0 aliphatic heterocycles. The molecule has 22 heavy (non-hydrogen) atoms. The molecule has 0 aliphatic rings. The van der Waals surface area contributed by atoms with E-state index in [4.69, 9.17) is 4.74 Å². The summed E-state index contributed by atoms with van der Waals surface area (Å²) in [5.41, 5.74) is 2.02. The van der Waals surface area contributed by atoms with Crippen molar-refractivity contribution in [3.63, 3.8) is 0 Å². The van der Waals surface area contributed by atoms with E-state index in [1.807, 2.05) is 12.1 Å². The molecule has 0 radical (unpaired) electrons. The molecule has 2 N–H and O–H groups in total. The Morgan fingerprint density at radius 3 is 2.50 bits per heavy atom. The van der Waals surface area contributed by atoms with E-state index in [2.05, 4.69) is 24.5 Å². The minimum atomic E-state index is 0.187. The van der Waals surface area contributed by atoms with Gasteiger partial charge in [0.1, 0.15) is 23.9 Å². The van der Waals surface area contributed by atoms with Crippen LogP contribution >= 0.6 is 0 Å². The van der Waals surface area contributed by atoms with Crippen LogP contribution in [0.4, 0.5) is 0 Å². The Morgan fingerprint density at radius 2 is 1.77 bits per heavy atom. The highest BCUT2D eigenvalue weighted by Crippen LogP contribution is 2.28. The van der Waals surface area contributed by atoms with Crippen LogP contribution in [0, 0.1) is 0 Å². The molecule has 1 aromatic heterocycles. The second-order valence-corrected chi connectivity index (χ2v) is 5.63. The van der Waals surface area contributed by atoms with Gasteiger partial charge >= 0.3 is 0 Å². The van der Waals surface area contributed by atoms with Gasteiger partial charge in [-0.3, -0.25) is 0 Å². The molecule has 0 atom stereocenters. The number of benzene rings is 2. The normalized spacial score (nSPS) is 11.2. The van der Waals surface area contributed by atoms with Gasteiger partial charge < -0.3 is 19.5 Å². The van der Waals surface area contributed by atoms with Crippen LogP contribution in [0.2, 0.25) is 0 Å². The van der Waals surface area contributed by atoms with Gasteiger partial charge in [0, 0.05) is 23.6 Å². The average molecular weight is 297 g/mol. The summed E-state index contributed by atoms with van der Waals surface area (Å²) < 4.78 is 7.93. The number of aromatic nitrogens is 1. The molecule has 0 fully saturated rings. The third-order valence-electron chi connectivity index (χ3n) is 3.63. The molecule has 0 bridgehead atoms. The molecule has 1 heterocycles. The van der Waals surface area contributed by atoms with Crippen LogP contribution in [0.15, 0.2) is 48.5 Å². The molecule has 0 aliphatic carbocycles. The van der Waals surface area contributed by atoms with Gasteiger partial charge in [-0.1, -0.05) is 6.07 Å². The second-order valence-electron chi connectivity index (χ2n) is 5.63. The molecule has 3 aromatic rings. The summed E-state index contributed by atoms with van der Waals surface area (Å²) in [6.45, 7) is 4.60. The van der Waals surface area contributed by atoms with E-state index in [0.717, 1.165) is 16.6 Å². The van der Waals surface area contributed by atoms with Crippen molar-refractivity contribution in [2.24, 2.45) is 0 Å². The molecular weight excluding hydrogens is 278 g/mol. The smallest absolute Gasteiger partial charge is 0.128 e. The van der Waals surface area contributed by atoms with Crippen molar-refractivity contribution in [1.29, 1.82) is 0 Å². The number of hydrogen-bond donors (Lipinski definition) is 2. The number of hydrogen-bond acceptors (Lipinski definition) is 3. The zero-order valence-electron chi connectivity index (χ0n) is 12.7. The van der Waals surface area contributed by atoms with Crippen LogP contribution in [-0.2, 0) is 6.61 Å². The third kappa shape index (κ3) is 2.72. The highest BCUT2D eigenvalue weighted by Gasteiger charge is 2.12. The Bertz CT molecular complexity index is 805. The van der Waals surface area contributed by atoms with Crippen LogP contribution in [0.1, 0.15) is 25.6 Å². The summed E-state index contributed by atoms with van der Waals surface area (Å²) in [5.74, 6) is 1.07. The lowest BCUT2D eigenvalue weighted by atomic mass is 10.2. The van der Waals surface area contributed by atoms with Crippen molar-refractivity contribution in [3.05, 3.63) is 54.2 Å². The van der Waals surface area contributed by atoms with Gasteiger partial charge in [0.05, 0.1) is 11.2 Å². The lowest BCUT2D eigenvalue weighted by Crippen LogP contribution is -2.08. The zero-order valence-corrected chi connectivity index (χ0v) is 12.7. The molecule has 0 amide bonds. The number of rotatable bonds is 4. The topological polar surface area (TPSA) is 54.6 Å². The van der Waals surface area contributed by atoms with E-state index in [9.17, 15) is 10.2 Å². The Kier molecular flexibility index (Phi) is 3.67. The summed E-state index contributed by atoms with van der Waals surface area (Å²) >= 11 is 0.